The number of hydrogen-bond acceptors (Lipinski definition) is 3. The molecule has 122 valence electrons. The van der Waals surface area contributed by atoms with Gasteiger partial charge in [-0.05, 0) is 51.0 Å². The van der Waals surface area contributed by atoms with Gasteiger partial charge in [-0.3, -0.25) is 4.79 Å². The van der Waals surface area contributed by atoms with Gasteiger partial charge in [0.15, 0.2) is 5.78 Å². The SMILES string of the molecule is CCc1cc(Cl)cc(C(=O)CCN(C)C(=O)OC(C)(C)C)c1. The molecule has 1 aromatic carbocycles. The topological polar surface area (TPSA) is 46.6 Å². The average molecular weight is 326 g/mol. The van der Waals surface area contributed by atoms with Crippen molar-refractivity contribution in [2.45, 2.75) is 46.1 Å². The van der Waals surface area contributed by atoms with E-state index in [1.54, 1.807) is 13.1 Å². The molecule has 0 saturated heterocycles. The van der Waals surface area contributed by atoms with Crippen LogP contribution in [0, 0.1) is 0 Å². The molecule has 0 bridgehead atoms. The molecule has 0 unspecified atom stereocenters. The molecule has 0 radical (unpaired) electrons. The molecule has 0 fully saturated rings. The van der Waals surface area contributed by atoms with Crippen LogP contribution in [0.2, 0.25) is 5.02 Å². The second-order valence-corrected chi connectivity index (χ2v) is 6.71. The quantitative estimate of drug-likeness (QED) is 0.756. The van der Waals surface area contributed by atoms with E-state index < -0.39 is 11.7 Å². The first-order valence-electron chi connectivity index (χ1n) is 7.39. The highest BCUT2D eigenvalue weighted by molar-refractivity contribution is 6.31. The first-order valence-corrected chi connectivity index (χ1v) is 7.77. The summed E-state index contributed by atoms with van der Waals surface area (Å²) in [6, 6.07) is 5.36. The fourth-order valence-electron chi connectivity index (χ4n) is 1.86. The Kier molecular flexibility index (Phi) is 6.42. The molecule has 1 aromatic rings. The van der Waals surface area contributed by atoms with Crippen LogP contribution >= 0.6 is 11.6 Å². The maximum atomic E-state index is 12.2. The van der Waals surface area contributed by atoms with E-state index >= 15 is 0 Å². The largest absolute Gasteiger partial charge is 0.444 e. The van der Waals surface area contributed by atoms with E-state index in [2.05, 4.69) is 0 Å². The molecule has 0 aliphatic heterocycles. The summed E-state index contributed by atoms with van der Waals surface area (Å²) in [5, 5.41) is 0.559. The van der Waals surface area contributed by atoms with Crippen LogP contribution < -0.4 is 0 Å². The molecule has 0 N–H and O–H groups in total. The summed E-state index contributed by atoms with van der Waals surface area (Å²) < 4.78 is 5.25. The van der Waals surface area contributed by atoms with Gasteiger partial charge in [0, 0.05) is 30.6 Å². The van der Waals surface area contributed by atoms with Crippen LogP contribution in [-0.4, -0.2) is 36.0 Å². The molecule has 0 heterocycles. The number of aryl methyl sites for hydroxylation is 1. The summed E-state index contributed by atoms with van der Waals surface area (Å²) >= 11 is 6.02. The Labute approximate surface area is 137 Å². The van der Waals surface area contributed by atoms with Crippen molar-refractivity contribution < 1.29 is 14.3 Å². The molecule has 0 spiro atoms. The van der Waals surface area contributed by atoms with Crippen molar-refractivity contribution in [2.24, 2.45) is 0 Å². The predicted octanol–water partition coefficient (Wildman–Crippen LogP) is 4.34. The zero-order chi connectivity index (χ0) is 16.9. The number of carbonyl (C=O) groups excluding carboxylic acids is 2. The molecule has 0 aromatic heterocycles. The molecule has 0 aliphatic carbocycles. The highest BCUT2D eigenvalue weighted by Crippen LogP contribution is 2.17. The highest BCUT2D eigenvalue weighted by atomic mass is 35.5. The van der Waals surface area contributed by atoms with Gasteiger partial charge in [-0.25, -0.2) is 4.79 Å². The summed E-state index contributed by atoms with van der Waals surface area (Å²) in [5.74, 6) is -0.0346. The second kappa shape index (κ2) is 7.63. The van der Waals surface area contributed by atoms with E-state index in [1.807, 2.05) is 39.8 Å². The van der Waals surface area contributed by atoms with E-state index in [1.165, 1.54) is 4.90 Å². The Morgan fingerprint density at radius 2 is 1.86 bits per heavy atom. The first kappa shape index (κ1) is 18.5. The van der Waals surface area contributed by atoms with Gasteiger partial charge in [0.2, 0.25) is 0 Å². The summed E-state index contributed by atoms with van der Waals surface area (Å²) in [7, 11) is 1.62. The third-order valence-electron chi connectivity index (χ3n) is 3.07. The second-order valence-electron chi connectivity index (χ2n) is 6.28. The third kappa shape index (κ3) is 6.06. The predicted molar refractivity (Wildman–Crippen MR) is 88.6 cm³/mol. The van der Waals surface area contributed by atoms with Crippen LogP contribution in [0.15, 0.2) is 18.2 Å². The van der Waals surface area contributed by atoms with E-state index in [9.17, 15) is 9.59 Å². The Morgan fingerprint density at radius 1 is 1.23 bits per heavy atom. The number of ketones is 1. The number of hydrogen-bond donors (Lipinski definition) is 0. The lowest BCUT2D eigenvalue weighted by Gasteiger charge is -2.24. The number of ether oxygens (including phenoxy) is 1. The number of carbonyl (C=O) groups is 2. The van der Waals surface area contributed by atoms with Gasteiger partial charge < -0.3 is 9.64 Å². The Balaban J connectivity index is 2.62. The van der Waals surface area contributed by atoms with Gasteiger partial charge in [-0.2, -0.15) is 0 Å². The van der Waals surface area contributed by atoms with Crippen molar-refractivity contribution in [3.8, 4) is 0 Å². The summed E-state index contributed by atoms with van der Waals surface area (Å²) in [6.07, 6.45) is 0.624. The minimum atomic E-state index is -0.543. The summed E-state index contributed by atoms with van der Waals surface area (Å²) in [5.41, 5.74) is 1.07. The van der Waals surface area contributed by atoms with E-state index in [4.69, 9.17) is 16.3 Å². The molecule has 5 heteroatoms. The highest BCUT2D eigenvalue weighted by Gasteiger charge is 2.20. The Hall–Kier alpha value is -1.55. The lowest BCUT2D eigenvalue weighted by molar-refractivity contribution is 0.0298. The van der Waals surface area contributed by atoms with Crippen molar-refractivity contribution in [2.75, 3.05) is 13.6 Å². The van der Waals surface area contributed by atoms with Crippen molar-refractivity contribution in [1.29, 1.82) is 0 Å². The van der Waals surface area contributed by atoms with Gasteiger partial charge in [-0.15, -0.1) is 0 Å². The van der Waals surface area contributed by atoms with Crippen molar-refractivity contribution >= 4 is 23.5 Å². The molecule has 22 heavy (non-hydrogen) atoms. The molecular weight excluding hydrogens is 302 g/mol. The van der Waals surface area contributed by atoms with Gasteiger partial charge in [0.1, 0.15) is 5.60 Å². The lowest BCUT2D eigenvalue weighted by atomic mass is 10.0. The van der Waals surface area contributed by atoms with Crippen LogP contribution in [-0.2, 0) is 11.2 Å². The third-order valence-corrected chi connectivity index (χ3v) is 3.29. The molecule has 1 amide bonds. The minimum Gasteiger partial charge on any atom is -0.444 e. The Morgan fingerprint density at radius 3 is 2.41 bits per heavy atom. The van der Waals surface area contributed by atoms with E-state index in [0.29, 0.717) is 17.1 Å². The number of amides is 1. The minimum absolute atomic E-state index is 0.0346. The average Bonchev–Trinajstić information content (AvgIpc) is 2.41. The summed E-state index contributed by atoms with van der Waals surface area (Å²) in [4.78, 5) is 25.5. The van der Waals surface area contributed by atoms with Crippen molar-refractivity contribution in [3.63, 3.8) is 0 Å². The number of nitrogens with zero attached hydrogens (tertiary/aromatic N) is 1. The van der Waals surface area contributed by atoms with E-state index in [-0.39, 0.29) is 12.2 Å². The van der Waals surface area contributed by atoms with Crippen LogP contribution in [0.5, 0.6) is 0 Å². The van der Waals surface area contributed by atoms with Crippen LogP contribution in [0.25, 0.3) is 0 Å². The van der Waals surface area contributed by atoms with Crippen LogP contribution in [0.3, 0.4) is 0 Å². The normalized spacial score (nSPS) is 11.2. The first-order chi connectivity index (χ1) is 10.1. The standard InChI is InChI=1S/C17H24ClNO3/c1-6-12-9-13(11-14(18)10-12)15(20)7-8-19(5)16(21)22-17(2,3)4/h9-11H,6-8H2,1-5H3. The molecule has 0 aliphatic rings. The molecule has 1 rings (SSSR count). The lowest BCUT2D eigenvalue weighted by Crippen LogP contribution is -2.35. The monoisotopic (exact) mass is 325 g/mol. The van der Waals surface area contributed by atoms with Crippen molar-refractivity contribution in [3.05, 3.63) is 34.3 Å². The fraction of sp³-hybridized carbons (Fsp3) is 0.529. The van der Waals surface area contributed by atoms with Gasteiger partial charge in [-0.1, -0.05) is 18.5 Å². The fourth-order valence-corrected chi connectivity index (χ4v) is 2.12. The van der Waals surface area contributed by atoms with Gasteiger partial charge in [0.05, 0.1) is 0 Å². The zero-order valence-corrected chi connectivity index (χ0v) is 14.7. The number of Topliss-reactive ketones (excluding diaryl/α,β-unsaturated/α-hetero) is 1. The van der Waals surface area contributed by atoms with Gasteiger partial charge in [0.25, 0.3) is 0 Å². The zero-order valence-electron chi connectivity index (χ0n) is 13.9. The van der Waals surface area contributed by atoms with Crippen molar-refractivity contribution in [1.82, 2.24) is 4.90 Å². The van der Waals surface area contributed by atoms with E-state index in [0.717, 1.165) is 12.0 Å². The smallest absolute Gasteiger partial charge is 0.410 e. The molecular formula is C17H24ClNO3. The number of rotatable bonds is 5. The maximum absolute atomic E-state index is 12.2. The number of benzene rings is 1. The van der Waals surface area contributed by atoms with Gasteiger partial charge >= 0.3 is 6.09 Å². The van der Waals surface area contributed by atoms with Crippen LogP contribution in [0.1, 0.15) is 50.0 Å². The molecule has 0 atom stereocenters. The number of halogens is 1. The maximum Gasteiger partial charge on any atom is 0.410 e. The van der Waals surface area contributed by atoms with Crippen LogP contribution in [0.4, 0.5) is 4.79 Å². The summed E-state index contributed by atoms with van der Waals surface area (Å²) in [6.45, 7) is 7.74. The Bertz CT molecular complexity index is 549. The molecule has 4 nitrogen and oxygen atoms in total. The molecule has 0 saturated carbocycles.